The third kappa shape index (κ3) is 2.62. The first kappa shape index (κ1) is 14.0. The highest BCUT2D eigenvalue weighted by Crippen LogP contribution is 2.08. The fourth-order valence-corrected chi connectivity index (χ4v) is 1.92. The molecule has 2 aromatic rings. The SMILES string of the molecule is Cn1nc(NCc2ccccc2CN)c(=O)n(C)c1=O. The van der Waals surface area contributed by atoms with Gasteiger partial charge in [-0.25, -0.2) is 9.48 Å². The third-order valence-electron chi connectivity index (χ3n) is 3.11. The van der Waals surface area contributed by atoms with Crippen LogP contribution in [0.25, 0.3) is 0 Å². The Hall–Kier alpha value is -2.41. The predicted molar refractivity (Wildman–Crippen MR) is 76.4 cm³/mol. The summed E-state index contributed by atoms with van der Waals surface area (Å²) < 4.78 is 2.14. The van der Waals surface area contributed by atoms with Crippen molar-refractivity contribution in [2.45, 2.75) is 13.1 Å². The van der Waals surface area contributed by atoms with Crippen LogP contribution in [-0.4, -0.2) is 14.3 Å². The number of rotatable bonds is 4. The van der Waals surface area contributed by atoms with E-state index in [2.05, 4.69) is 10.4 Å². The first-order valence-corrected chi connectivity index (χ1v) is 6.19. The molecule has 2 rings (SSSR count). The lowest BCUT2D eigenvalue weighted by atomic mass is 10.1. The van der Waals surface area contributed by atoms with E-state index < -0.39 is 11.2 Å². The summed E-state index contributed by atoms with van der Waals surface area (Å²) in [6.45, 7) is 0.852. The number of hydrogen-bond donors (Lipinski definition) is 2. The Kier molecular flexibility index (Phi) is 3.99. The summed E-state index contributed by atoms with van der Waals surface area (Å²) in [5, 5.41) is 6.89. The quantitative estimate of drug-likeness (QED) is 0.788. The summed E-state index contributed by atoms with van der Waals surface area (Å²) in [7, 11) is 2.92. The van der Waals surface area contributed by atoms with Crippen LogP contribution in [0.5, 0.6) is 0 Å². The molecule has 1 aromatic heterocycles. The predicted octanol–water partition coefficient (Wildman–Crippen LogP) is -0.450. The number of benzene rings is 1. The van der Waals surface area contributed by atoms with E-state index in [1.54, 1.807) is 0 Å². The fourth-order valence-electron chi connectivity index (χ4n) is 1.92. The Morgan fingerprint density at radius 3 is 2.50 bits per heavy atom. The summed E-state index contributed by atoms with van der Waals surface area (Å²) in [5.41, 5.74) is 6.76. The zero-order valence-corrected chi connectivity index (χ0v) is 11.5. The van der Waals surface area contributed by atoms with E-state index in [-0.39, 0.29) is 5.82 Å². The van der Waals surface area contributed by atoms with Gasteiger partial charge in [-0.1, -0.05) is 24.3 Å². The van der Waals surface area contributed by atoms with Crippen LogP contribution in [0.1, 0.15) is 11.1 Å². The molecule has 0 unspecified atom stereocenters. The number of nitrogens with zero attached hydrogens (tertiary/aromatic N) is 3. The van der Waals surface area contributed by atoms with Crippen LogP contribution < -0.4 is 22.3 Å². The summed E-state index contributed by atoms with van der Waals surface area (Å²) in [6, 6.07) is 7.68. The molecule has 3 N–H and O–H groups in total. The molecule has 0 spiro atoms. The molecule has 0 saturated heterocycles. The maximum atomic E-state index is 11.9. The molecule has 0 radical (unpaired) electrons. The van der Waals surface area contributed by atoms with Crippen LogP contribution in [0.4, 0.5) is 5.82 Å². The van der Waals surface area contributed by atoms with E-state index in [1.807, 2.05) is 24.3 Å². The van der Waals surface area contributed by atoms with Crippen molar-refractivity contribution in [3.05, 3.63) is 56.2 Å². The van der Waals surface area contributed by atoms with Crippen molar-refractivity contribution in [1.82, 2.24) is 14.3 Å². The molecule has 20 heavy (non-hydrogen) atoms. The van der Waals surface area contributed by atoms with Crippen molar-refractivity contribution in [2.75, 3.05) is 5.32 Å². The Balaban J connectivity index is 2.28. The van der Waals surface area contributed by atoms with E-state index in [0.29, 0.717) is 13.1 Å². The molecular weight excluding hydrogens is 258 g/mol. The Labute approximate surface area is 115 Å². The fraction of sp³-hybridized carbons (Fsp3) is 0.308. The molecular formula is C13H17N5O2. The maximum absolute atomic E-state index is 11.9. The largest absolute Gasteiger partial charge is 0.360 e. The molecule has 0 fully saturated rings. The Morgan fingerprint density at radius 1 is 1.20 bits per heavy atom. The molecule has 106 valence electrons. The molecule has 0 aliphatic carbocycles. The monoisotopic (exact) mass is 275 g/mol. The summed E-state index contributed by atoms with van der Waals surface area (Å²) in [6.07, 6.45) is 0. The van der Waals surface area contributed by atoms with E-state index >= 15 is 0 Å². The highest BCUT2D eigenvalue weighted by atomic mass is 16.2. The van der Waals surface area contributed by atoms with Gasteiger partial charge in [0, 0.05) is 27.2 Å². The van der Waals surface area contributed by atoms with Crippen LogP contribution in [-0.2, 0) is 27.2 Å². The van der Waals surface area contributed by atoms with Gasteiger partial charge < -0.3 is 11.1 Å². The molecule has 0 saturated carbocycles. The van der Waals surface area contributed by atoms with Crippen molar-refractivity contribution in [3.8, 4) is 0 Å². The van der Waals surface area contributed by atoms with Crippen LogP contribution >= 0.6 is 0 Å². The third-order valence-corrected chi connectivity index (χ3v) is 3.11. The molecule has 0 aliphatic heterocycles. The van der Waals surface area contributed by atoms with Crippen LogP contribution in [0, 0.1) is 0 Å². The topological polar surface area (TPSA) is 94.9 Å². The number of anilines is 1. The lowest BCUT2D eigenvalue weighted by Gasteiger charge is -2.10. The standard InChI is InChI=1S/C13H17N5O2/c1-17-12(19)11(16-18(2)13(17)20)15-8-10-6-4-3-5-9(10)7-14/h3-6H,7-8,14H2,1-2H3,(H,15,16). The maximum Gasteiger partial charge on any atom is 0.346 e. The Morgan fingerprint density at radius 2 is 1.85 bits per heavy atom. The van der Waals surface area contributed by atoms with Crippen molar-refractivity contribution in [3.63, 3.8) is 0 Å². The molecule has 7 heteroatoms. The van der Waals surface area contributed by atoms with Crippen LogP contribution in [0.15, 0.2) is 33.9 Å². The molecule has 7 nitrogen and oxygen atoms in total. The van der Waals surface area contributed by atoms with Crippen molar-refractivity contribution >= 4 is 5.82 Å². The van der Waals surface area contributed by atoms with Crippen LogP contribution in [0.2, 0.25) is 0 Å². The zero-order valence-electron chi connectivity index (χ0n) is 11.5. The lowest BCUT2D eigenvalue weighted by Crippen LogP contribution is -2.39. The number of nitrogens with one attached hydrogen (secondary N) is 1. The highest BCUT2D eigenvalue weighted by molar-refractivity contribution is 5.34. The second-order valence-corrected chi connectivity index (χ2v) is 4.45. The molecule has 0 bridgehead atoms. The average Bonchev–Trinajstić information content (AvgIpc) is 2.47. The van der Waals surface area contributed by atoms with Gasteiger partial charge in [-0.05, 0) is 11.1 Å². The van der Waals surface area contributed by atoms with E-state index in [4.69, 9.17) is 5.73 Å². The van der Waals surface area contributed by atoms with Crippen LogP contribution in [0.3, 0.4) is 0 Å². The number of nitrogens with two attached hydrogens (primary N) is 1. The highest BCUT2D eigenvalue weighted by Gasteiger charge is 2.08. The molecule has 0 atom stereocenters. The van der Waals surface area contributed by atoms with Crippen molar-refractivity contribution < 1.29 is 0 Å². The molecule has 1 aromatic carbocycles. The second-order valence-electron chi connectivity index (χ2n) is 4.45. The first-order valence-electron chi connectivity index (χ1n) is 6.19. The normalized spacial score (nSPS) is 10.6. The summed E-state index contributed by atoms with van der Waals surface area (Å²) >= 11 is 0. The number of aryl methyl sites for hydroxylation is 1. The minimum absolute atomic E-state index is 0.140. The smallest absolute Gasteiger partial charge is 0.346 e. The molecule has 1 heterocycles. The van der Waals surface area contributed by atoms with Gasteiger partial charge in [0.2, 0.25) is 5.82 Å². The minimum atomic E-state index is -0.456. The average molecular weight is 275 g/mol. The summed E-state index contributed by atoms with van der Waals surface area (Å²) in [5.74, 6) is 0.140. The molecule has 0 amide bonds. The van der Waals surface area contributed by atoms with Crippen molar-refractivity contribution in [1.29, 1.82) is 0 Å². The minimum Gasteiger partial charge on any atom is -0.360 e. The van der Waals surface area contributed by atoms with Gasteiger partial charge >= 0.3 is 5.69 Å². The van der Waals surface area contributed by atoms with Gasteiger partial charge in [0.25, 0.3) is 5.56 Å². The first-order chi connectivity index (χ1) is 9.54. The zero-order chi connectivity index (χ0) is 14.7. The molecule has 0 aliphatic rings. The van der Waals surface area contributed by atoms with E-state index in [0.717, 1.165) is 20.4 Å². The lowest BCUT2D eigenvalue weighted by molar-refractivity contribution is 0.604. The van der Waals surface area contributed by atoms with Gasteiger partial charge in [0.05, 0.1) is 0 Å². The van der Waals surface area contributed by atoms with Gasteiger partial charge in [-0.3, -0.25) is 9.36 Å². The Bertz CT molecular complexity index is 732. The van der Waals surface area contributed by atoms with E-state index in [9.17, 15) is 9.59 Å². The van der Waals surface area contributed by atoms with E-state index in [1.165, 1.54) is 14.1 Å². The van der Waals surface area contributed by atoms with Gasteiger partial charge in [-0.15, -0.1) is 5.10 Å². The number of hydrogen-bond acceptors (Lipinski definition) is 5. The van der Waals surface area contributed by atoms with Gasteiger partial charge in [-0.2, -0.15) is 0 Å². The number of aromatic nitrogens is 3. The summed E-state index contributed by atoms with van der Waals surface area (Å²) in [4.78, 5) is 23.5. The van der Waals surface area contributed by atoms with Crippen molar-refractivity contribution in [2.24, 2.45) is 19.8 Å². The van der Waals surface area contributed by atoms with Gasteiger partial charge in [0.1, 0.15) is 0 Å². The van der Waals surface area contributed by atoms with Gasteiger partial charge in [0.15, 0.2) is 0 Å². The second kappa shape index (κ2) is 5.70.